The van der Waals surface area contributed by atoms with Gasteiger partial charge in [-0.3, -0.25) is 43.3 Å². The van der Waals surface area contributed by atoms with Crippen LogP contribution < -0.4 is 16.2 Å². The maximum absolute atomic E-state index is 15.2. The highest BCUT2D eigenvalue weighted by atomic mass is 19.1. The molecule has 3 aliphatic heterocycles. The summed E-state index contributed by atoms with van der Waals surface area (Å²) in [5.74, 6) is -5.64. The quantitative estimate of drug-likeness (QED) is 0.0358. The number of aryl methyl sites for hydroxylation is 1. The number of pyridine rings is 2. The Kier molecular flexibility index (Phi) is 16.4. The monoisotopic (exact) mass is 990 g/mol. The van der Waals surface area contributed by atoms with Crippen molar-refractivity contribution in [1.82, 2.24) is 30.0 Å². The minimum Gasteiger partial charge on any atom is -0.458 e. The van der Waals surface area contributed by atoms with E-state index in [2.05, 4.69) is 10.6 Å². The summed E-state index contributed by atoms with van der Waals surface area (Å²) < 4.78 is 27.6. The largest absolute Gasteiger partial charge is 0.458 e. The van der Waals surface area contributed by atoms with Gasteiger partial charge in [0.2, 0.25) is 17.7 Å². The predicted molar refractivity (Wildman–Crippen MR) is 258 cm³/mol. The highest BCUT2D eigenvalue weighted by Gasteiger charge is 2.45. The maximum atomic E-state index is 15.2. The smallest absolute Gasteiger partial charge is 0.343 e. The van der Waals surface area contributed by atoms with Crippen molar-refractivity contribution < 1.29 is 57.3 Å². The van der Waals surface area contributed by atoms with Crippen LogP contribution in [0.25, 0.3) is 22.3 Å². The SMILES string of the molecule is CC[C@@]1(O)C(=O)OCc2c1cc1n(c2=O)Cc2c-1nc1cc(F)c(C)cc1c2CN(Cc1ccccc1)C(=O)COCNC(=O)[C@H](C)CC(=O)[C@@H](C)NC(=O)[C@H](C)CC(=O)CCCCCN1C(=O)C=CC1=O. The van der Waals surface area contributed by atoms with E-state index < -0.39 is 70.9 Å². The van der Waals surface area contributed by atoms with Gasteiger partial charge in [0.15, 0.2) is 11.4 Å². The van der Waals surface area contributed by atoms with Crippen molar-refractivity contribution in [2.75, 3.05) is 19.9 Å². The van der Waals surface area contributed by atoms with Gasteiger partial charge >= 0.3 is 5.97 Å². The van der Waals surface area contributed by atoms with E-state index in [1.165, 1.54) is 36.6 Å². The lowest BCUT2D eigenvalue weighted by molar-refractivity contribution is -0.172. The summed E-state index contributed by atoms with van der Waals surface area (Å²) in [6.45, 7) is 7.07. The standard InChI is InChI=1S/C53H59FN6O12/c1-6-53(70)40-22-43-48-38(26-60(43)51(68)39(40)27-72-52(53)69)37(36-20-30(2)41(54)23-42(36)57-48)25-58(24-34-13-9-7-10-14-34)47(65)28-71-29-55-49(66)32(4)21-44(62)33(5)56-50(67)31(3)19-35(61)15-11-8-12-18-59-45(63)16-17-46(59)64/h7,9-10,13-14,16-17,20,22-23,31-33,70H,6,8,11-12,15,18-19,21,24-29H2,1-5H3,(H,55,66)(H,56,67)/t31-,32-,33-,53+/m1/s1. The van der Waals surface area contributed by atoms with E-state index in [9.17, 15) is 48.3 Å². The van der Waals surface area contributed by atoms with E-state index in [1.54, 1.807) is 37.8 Å². The number of cyclic esters (lactones) is 1. The van der Waals surface area contributed by atoms with Crippen molar-refractivity contribution in [2.24, 2.45) is 11.8 Å². The number of fused-ring (bicyclic) bond motifs is 5. The number of esters is 1. The van der Waals surface area contributed by atoms with Gasteiger partial charge in [0.1, 0.15) is 31.5 Å². The van der Waals surface area contributed by atoms with Gasteiger partial charge in [-0.2, -0.15) is 0 Å². The first-order valence-electron chi connectivity index (χ1n) is 24.1. The summed E-state index contributed by atoms with van der Waals surface area (Å²) in [5.41, 5.74) is 0.946. The molecule has 380 valence electrons. The van der Waals surface area contributed by atoms with Crippen molar-refractivity contribution in [3.05, 3.63) is 110 Å². The number of aliphatic hydroxyl groups is 1. The van der Waals surface area contributed by atoms with Crippen LogP contribution in [0, 0.1) is 24.6 Å². The van der Waals surface area contributed by atoms with Gasteiger partial charge in [-0.05, 0) is 61.9 Å². The number of nitrogens with zero attached hydrogens (tertiary/aromatic N) is 4. The molecule has 72 heavy (non-hydrogen) atoms. The van der Waals surface area contributed by atoms with E-state index in [-0.39, 0.29) is 99.4 Å². The number of amides is 5. The van der Waals surface area contributed by atoms with Crippen LogP contribution in [-0.4, -0.2) is 97.5 Å². The summed E-state index contributed by atoms with van der Waals surface area (Å²) in [7, 11) is 0. The average Bonchev–Trinajstić information content (AvgIpc) is 3.89. The summed E-state index contributed by atoms with van der Waals surface area (Å²) in [5, 5.41) is 17.2. The van der Waals surface area contributed by atoms with Crippen LogP contribution in [0.5, 0.6) is 0 Å². The molecule has 5 amide bonds. The van der Waals surface area contributed by atoms with Gasteiger partial charge in [-0.15, -0.1) is 0 Å². The molecule has 2 aromatic carbocycles. The minimum atomic E-state index is -2.06. The van der Waals surface area contributed by atoms with Crippen LogP contribution in [0.1, 0.15) is 106 Å². The van der Waals surface area contributed by atoms with E-state index in [0.29, 0.717) is 52.7 Å². The van der Waals surface area contributed by atoms with Crippen LogP contribution in [0.2, 0.25) is 0 Å². The molecule has 0 bridgehead atoms. The number of hydrogen-bond acceptors (Lipinski definition) is 13. The number of Topliss-reactive ketones (excluding diaryl/α,β-unsaturated/α-hetero) is 2. The molecule has 0 spiro atoms. The van der Waals surface area contributed by atoms with E-state index in [1.807, 2.05) is 30.3 Å². The second-order valence-corrected chi connectivity index (χ2v) is 18.8. The molecule has 0 aliphatic carbocycles. The molecule has 2 aromatic heterocycles. The first-order chi connectivity index (χ1) is 34.3. The second-order valence-electron chi connectivity index (χ2n) is 18.8. The lowest BCUT2D eigenvalue weighted by Crippen LogP contribution is -2.44. The number of nitrogens with one attached hydrogen (secondary N) is 2. The number of halogens is 1. The number of carbonyl (C=O) groups is 8. The second kappa shape index (κ2) is 22.4. The molecule has 0 saturated heterocycles. The fourth-order valence-electron chi connectivity index (χ4n) is 9.19. The van der Waals surface area contributed by atoms with Gasteiger partial charge in [0.05, 0.1) is 35.1 Å². The fourth-order valence-corrected chi connectivity index (χ4v) is 9.19. The van der Waals surface area contributed by atoms with Crippen LogP contribution in [0.15, 0.2) is 65.5 Å². The molecule has 0 saturated carbocycles. The van der Waals surface area contributed by atoms with Gasteiger partial charge in [0.25, 0.3) is 17.4 Å². The summed E-state index contributed by atoms with van der Waals surface area (Å²) in [6.07, 6.45) is 4.10. The molecule has 3 N–H and O–H groups in total. The Balaban J connectivity index is 0.951. The van der Waals surface area contributed by atoms with Crippen LogP contribution >= 0.6 is 0 Å². The highest BCUT2D eigenvalue weighted by Crippen LogP contribution is 2.41. The summed E-state index contributed by atoms with van der Waals surface area (Å²) in [4.78, 5) is 124. The van der Waals surface area contributed by atoms with Crippen molar-refractivity contribution in [3.63, 3.8) is 0 Å². The Morgan fingerprint density at radius 2 is 1.62 bits per heavy atom. The molecule has 5 heterocycles. The van der Waals surface area contributed by atoms with Gasteiger partial charge in [-0.1, -0.05) is 57.5 Å². The number of unbranched alkanes of at least 4 members (excludes halogenated alkanes) is 2. The van der Waals surface area contributed by atoms with Crippen molar-refractivity contribution >= 4 is 58.0 Å². The zero-order valence-corrected chi connectivity index (χ0v) is 41.0. The number of ketones is 2. The normalized spacial score (nSPS) is 16.9. The Morgan fingerprint density at radius 3 is 2.33 bits per heavy atom. The first kappa shape index (κ1) is 52.6. The molecule has 3 aliphatic rings. The molecule has 0 fully saturated rings. The average molecular weight is 991 g/mol. The van der Waals surface area contributed by atoms with E-state index >= 15 is 4.39 Å². The van der Waals surface area contributed by atoms with Crippen molar-refractivity contribution in [3.8, 4) is 11.4 Å². The molecule has 4 atom stereocenters. The lowest BCUT2D eigenvalue weighted by atomic mass is 9.86. The minimum absolute atomic E-state index is 0.0274. The number of rotatable bonds is 23. The van der Waals surface area contributed by atoms with Crippen LogP contribution in [-0.2, 0) is 79.7 Å². The Labute approximate surface area is 414 Å². The fraction of sp³-hybridized carbons (Fsp3) is 0.434. The third-order valence-electron chi connectivity index (χ3n) is 13.6. The topological polar surface area (TPSA) is 241 Å². The zero-order valence-electron chi connectivity index (χ0n) is 41.0. The number of ether oxygens (including phenoxy) is 2. The number of hydrogen-bond donors (Lipinski definition) is 3. The third kappa shape index (κ3) is 11.4. The zero-order chi connectivity index (χ0) is 52.0. The van der Waals surface area contributed by atoms with E-state index in [0.717, 1.165) is 10.5 Å². The van der Waals surface area contributed by atoms with Gasteiger partial charge < -0.3 is 34.7 Å². The molecular weight excluding hydrogens is 932 g/mol. The molecule has 18 nitrogen and oxygen atoms in total. The maximum Gasteiger partial charge on any atom is 0.343 e. The van der Waals surface area contributed by atoms with E-state index in [4.69, 9.17) is 14.5 Å². The third-order valence-corrected chi connectivity index (χ3v) is 13.6. The summed E-state index contributed by atoms with van der Waals surface area (Å²) in [6, 6.07) is 12.8. The predicted octanol–water partition coefficient (Wildman–Crippen LogP) is 4.33. The number of carbonyl (C=O) groups excluding carboxylic acids is 8. The molecule has 7 rings (SSSR count). The molecule has 0 unspecified atom stereocenters. The number of benzene rings is 2. The molecule has 19 heteroatoms. The molecule has 4 aromatic rings. The van der Waals surface area contributed by atoms with Crippen LogP contribution in [0.4, 0.5) is 4.39 Å². The molecular formula is C53H59FN6O12. The Bertz CT molecular complexity index is 2920. The highest BCUT2D eigenvalue weighted by molar-refractivity contribution is 6.12. The molecule has 0 radical (unpaired) electrons. The van der Waals surface area contributed by atoms with Crippen molar-refractivity contribution in [2.45, 2.75) is 117 Å². The first-order valence-corrected chi connectivity index (χ1v) is 24.1. The number of aromatic nitrogens is 2. The number of imide groups is 1. The Hall–Kier alpha value is -7.25. The summed E-state index contributed by atoms with van der Waals surface area (Å²) >= 11 is 0. The van der Waals surface area contributed by atoms with Crippen molar-refractivity contribution in [1.29, 1.82) is 0 Å². The van der Waals surface area contributed by atoms with Gasteiger partial charge in [0, 0.05) is 85.5 Å². The van der Waals surface area contributed by atoms with Crippen LogP contribution in [0.3, 0.4) is 0 Å². The Morgan fingerprint density at radius 1 is 0.917 bits per heavy atom. The lowest BCUT2D eigenvalue weighted by Gasteiger charge is -2.31. The van der Waals surface area contributed by atoms with Gasteiger partial charge in [-0.25, -0.2) is 14.2 Å².